The first-order chi connectivity index (χ1) is 13.5. The van der Waals surface area contributed by atoms with Crippen LogP contribution in [0, 0.1) is 23.7 Å². The van der Waals surface area contributed by atoms with Crippen LogP contribution in [0.5, 0.6) is 0 Å². The highest BCUT2D eigenvalue weighted by atomic mass is 16.3. The quantitative estimate of drug-likeness (QED) is 0.317. The Morgan fingerprint density at radius 1 is 1.04 bits per heavy atom. The summed E-state index contributed by atoms with van der Waals surface area (Å²) in [5, 5.41) is 30.9. The van der Waals surface area contributed by atoms with Crippen LogP contribution in [0.3, 0.4) is 0 Å². The fourth-order valence-electron chi connectivity index (χ4n) is 4.25. The molecule has 1 aromatic carbocycles. The minimum absolute atomic E-state index is 0.0543. The Bertz CT molecular complexity index is 643. The molecular formula is C25H36O3. The average Bonchev–Trinajstić information content (AvgIpc) is 2.94. The van der Waals surface area contributed by atoms with Gasteiger partial charge in [-0.1, -0.05) is 54.9 Å². The molecule has 28 heavy (non-hydrogen) atoms. The molecule has 3 nitrogen and oxygen atoms in total. The molecule has 0 aromatic heterocycles. The van der Waals surface area contributed by atoms with E-state index in [0.29, 0.717) is 19.3 Å². The molecule has 3 N–H and O–H groups in total. The molecule has 0 unspecified atom stereocenters. The standard InChI is InChI=1S/C25H36O3/c1-19(2)10-6-3-4-9-13-22-23(25(28)18-24(22)27)17-16-21(26)15-14-20-11-7-5-8-12-20/h5,7-8,11-12,21-28H,1,3-4,6,9-10,13,16-18H2,2H3/t21-,22+,23+,24-,25+/m0/s1. The van der Waals surface area contributed by atoms with Crippen LogP contribution < -0.4 is 0 Å². The number of allylic oxidation sites excluding steroid dienone is 1. The molecule has 1 aromatic rings. The van der Waals surface area contributed by atoms with Crippen molar-refractivity contribution < 1.29 is 15.3 Å². The Morgan fingerprint density at radius 3 is 2.36 bits per heavy atom. The Kier molecular flexibility index (Phi) is 9.78. The molecule has 3 heteroatoms. The van der Waals surface area contributed by atoms with Crippen LogP contribution in [-0.4, -0.2) is 33.6 Å². The third kappa shape index (κ3) is 7.80. The largest absolute Gasteiger partial charge is 0.393 e. The first kappa shape index (κ1) is 22.7. The van der Waals surface area contributed by atoms with Crippen LogP contribution in [-0.2, 0) is 0 Å². The molecule has 0 spiro atoms. The zero-order valence-electron chi connectivity index (χ0n) is 17.2. The maximum atomic E-state index is 10.4. The predicted molar refractivity (Wildman–Crippen MR) is 115 cm³/mol. The predicted octanol–water partition coefficient (Wildman–Crippen LogP) is 4.45. The molecule has 5 atom stereocenters. The number of aliphatic hydroxyl groups is 3. The third-order valence-electron chi connectivity index (χ3n) is 5.84. The molecule has 1 saturated carbocycles. The van der Waals surface area contributed by atoms with Gasteiger partial charge in [0.15, 0.2) is 0 Å². The maximum absolute atomic E-state index is 10.4. The van der Waals surface area contributed by atoms with Crippen LogP contribution >= 0.6 is 0 Å². The molecule has 0 bridgehead atoms. The van der Waals surface area contributed by atoms with E-state index in [1.165, 1.54) is 18.4 Å². The summed E-state index contributed by atoms with van der Waals surface area (Å²) in [6.07, 6.45) is 6.73. The minimum Gasteiger partial charge on any atom is -0.393 e. The Morgan fingerprint density at radius 2 is 1.68 bits per heavy atom. The van der Waals surface area contributed by atoms with Crippen molar-refractivity contribution >= 4 is 0 Å². The molecule has 154 valence electrons. The molecule has 1 aliphatic rings. The number of hydrogen-bond acceptors (Lipinski definition) is 3. The Hall–Kier alpha value is -1.60. The highest BCUT2D eigenvalue weighted by Gasteiger charge is 2.40. The number of hydrogen-bond donors (Lipinski definition) is 3. The lowest BCUT2D eigenvalue weighted by Gasteiger charge is -2.24. The Labute approximate surface area is 170 Å². The first-order valence-corrected chi connectivity index (χ1v) is 10.7. The van der Waals surface area contributed by atoms with E-state index < -0.39 is 18.3 Å². The number of rotatable bonds is 10. The molecule has 2 rings (SSSR count). The van der Waals surface area contributed by atoms with Gasteiger partial charge in [-0.15, -0.1) is 6.58 Å². The monoisotopic (exact) mass is 384 g/mol. The molecular weight excluding hydrogens is 348 g/mol. The van der Waals surface area contributed by atoms with E-state index in [0.717, 1.165) is 31.2 Å². The van der Waals surface area contributed by atoms with Crippen LogP contribution in [0.2, 0.25) is 0 Å². The molecule has 1 aliphatic carbocycles. The number of unbranched alkanes of at least 4 members (excludes halogenated alkanes) is 3. The zero-order chi connectivity index (χ0) is 20.4. The van der Waals surface area contributed by atoms with Crippen molar-refractivity contribution in [2.24, 2.45) is 11.8 Å². The van der Waals surface area contributed by atoms with E-state index >= 15 is 0 Å². The van der Waals surface area contributed by atoms with Gasteiger partial charge in [-0.2, -0.15) is 0 Å². The average molecular weight is 385 g/mol. The van der Waals surface area contributed by atoms with Crippen molar-refractivity contribution in [3.8, 4) is 11.8 Å². The van der Waals surface area contributed by atoms with Crippen molar-refractivity contribution in [2.75, 3.05) is 0 Å². The van der Waals surface area contributed by atoms with Gasteiger partial charge in [-0.25, -0.2) is 0 Å². The normalized spacial score (nSPS) is 25.1. The summed E-state index contributed by atoms with van der Waals surface area (Å²) in [5.41, 5.74) is 2.13. The van der Waals surface area contributed by atoms with Crippen molar-refractivity contribution in [3.63, 3.8) is 0 Å². The van der Waals surface area contributed by atoms with E-state index in [9.17, 15) is 15.3 Å². The van der Waals surface area contributed by atoms with Crippen molar-refractivity contribution in [1.82, 2.24) is 0 Å². The molecule has 0 amide bonds. The van der Waals surface area contributed by atoms with Gasteiger partial charge in [0.2, 0.25) is 0 Å². The summed E-state index contributed by atoms with van der Waals surface area (Å²) in [5.74, 6) is 6.07. The maximum Gasteiger partial charge on any atom is 0.115 e. The lowest BCUT2D eigenvalue weighted by Crippen LogP contribution is -2.23. The molecule has 0 saturated heterocycles. The van der Waals surface area contributed by atoms with E-state index in [2.05, 4.69) is 25.3 Å². The van der Waals surface area contributed by atoms with Gasteiger partial charge < -0.3 is 15.3 Å². The van der Waals surface area contributed by atoms with Gasteiger partial charge in [-0.3, -0.25) is 0 Å². The summed E-state index contributed by atoms with van der Waals surface area (Å²) < 4.78 is 0. The zero-order valence-corrected chi connectivity index (χ0v) is 17.2. The second-order valence-electron chi connectivity index (χ2n) is 8.34. The molecule has 1 fully saturated rings. The lowest BCUT2D eigenvalue weighted by molar-refractivity contribution is 0.0912. The van der Waals surface area contributed by atoms with E-state index in [1.54, 1.807) is 0 Å². The third-order valence-corrected chi connectivity index (χ3v) is 5.84. The van der Waals surface area contributed by atoms with E-state index in [4.69, 9.17) is 0 Å². The van der Waals surface area contributed by atoms with Crippen LogP contribution in [0.4, 0.5) is 0 Å². The summed E-state index contributed by atoms with van der Waals surface area (Å²) in [6, 6.07) is 9.63. The number of aliphatic hydroxyl groups excluding tert-OH is 3. The van der Waals surface area contributed by atoms with Crippen LogP contribution in [0.25, 0.3) is 0 Å². The topological polar surface area (TPSA) is 60.7 Å². The fraction of sp³-hybridized carbons (Fsp3) is 0.600. The highest BCUT2D eigenvalue weighted by molar-refractivity contribution is 5.34. The van der Waals surface area contributed by atoms with E-state index in [1.807, 2.05) is 30.3 Å². The second kappa shape index (κ2) is 12.1. The van der Waals surface area contributed by atoms with Gasteiger partial charge >= 0.3 is 0 Å². The summed E-state index contributed by atoms with van der Waals surface area (Å²) in [6.45, 7) is 6.01. The summed E-state index contributed by atoms with van der Waals surface area (Å²) in [7, 11) is 0. The summed E-state index contributed by atoms with van der Waals surface area (Å²) in [4.78, 5) is 0. The summed E-state index contributed by atoms with van der Waals surface area (Å²) >= 11 is 0. The SMILES string of the molecule is C=C(C)CCCCCC[C@@H]1[C@@H](CC[C@@H](O)C#Cc2ccccc2)[C@H](O)C[C@@H]1O. The molecule has 0 aliphatic heterocycles. The molecule has 0 heterocycles. The Balaban J connectivity index is 1.76. The smallest absolute Gasteiger partial charge is 0.115 e. The number of benzene rings is 1. The molecule has 0 radical (unpaired) electrons. The first-order valence-electron chi connectivity index (χ1n) is 10.7. The van der Waals surface area contributed by atoms with Gasteiger partial charge in [-0.05, 0) is 69.4 Å². The van der Waals surface area contributed by atoms with Crippen molar-refractivity contribution in [2.45, 2.75) is 83.0 Å². The van der Waals surface area contributed by atoms with Crippen LogP contribution in [0.1, 0.15) is 70.3 Å². The minimum atomic E-state index is -0.701. The van der Waals surface area contributed by atoms with Gasteiger partial charge in [0.1, 0.15) is 6.10 Å². The highest BCUT2D eigenvalue weighted by Crippen LogP contribution is 2.39. The fourth-order valence-corrected chi connectivity index (χ4v) is 4.25. The van der Waals surface area contributed by atoms with Crippen molar-refractivity contribution in [1.29, 1.82) is 0 Å². The lowest BCUT2D eigenvalue weighted by atomic mass is 9.85. The van der Waals surface area contributed by atoms with Crippen LogP contribution in [0.15, 0.2) is 42.5 Å². The van der Waals surface area contributed by atoms with E-state index in [-0.39, 0.29) is 11.8 Å². The van der Waals surface area contributed by atoms with Gasteiger partial charge in [0.25, 0.3) is 0 Å². The van der Waals surface area contributed by atoms with Crippen molar-refractivity contribution in [3.05, 3.63) is 48.0 Å². The second-order valence-corrected chi connectivity index (χ2v) is 8.34. The van der Waals surface area contributed by atoms with Gasteiger partial charge in [0, 0.05) is 5.56 Å². The van der Waals surface area contributed by atoms with Gasteiger partial charge in [0.05, 0.1) is 12.2 Å².